The number of nitrogens with zero attached hydrogens (tertiary/aromatic N) is 2. The summed E-state index contributed by atoms with van der Waals surface area (Å²) in [6.45, 7) is 0. The Morgan fingerprint density at radius 2 is 1.81 bits per heavy atom. The monoisotopic (exact) mass is 379 g/mol. The third-order valence-electron chi connectivity index (χ3n) is 3.70. The number of carbonyl (C=O) groups is 1. The van der Waals surface area contributed by atoms with Gasteiger partial charge in [0.2, 0.25) is 0 Å². The fourth-order valence-electron chi connectivity index (χ4n) is 2.41. The van der Waals surface area contributed by atoms with Gasteiger partial charge in [-0.15, -0.1) is 0 Å². The summed E-state index contributed by atoms with van der Waals surface area (Å²) < 4.78 is 39.7. The third-order valence-corrected chi connectivity index (χ3v) is 3.95. The normalized spacial score (nSPS) is 11.4. The minimum Gasteiger partial charge on any atom is -0.321 e. The summed E-state index contributed by atoms with van der Waals surface area (Å²) in [5.41, 5.74) is 0.759. The maximum Gasteiger partial charge on any atom is 0.416 e. The van der Waals surface area contributed by atoms with E-state index in [2.05, 4.69) is 10.4 Å². The number of benzene rings is 2. The molecule has 1 amide bonds. The summed E-state index contributed by atoms with van der Waals surface area (Å²) in [7, 11) is 1.58. The van der Waals surface area contributed by atoms with Crippen LogP contribution in [0.1, 0.15) is 16.1 Å². The van der Waals surface area contributed by atoms with Crippen molar-refractivity contribution in [3.63, 3.8) is 0 Å². The first-order valence-corrected chi connectivity index (χ1v) is 7.90. The number of aromatic nitrogens is 2. The van der Waals surface area contributed by atoms with E-state index in [0.717, 1.165) is 17.7 Å². The largest absolute Gasteiger partial charge is 0.416 e. The molecule has 0 atom stereocenters. The van der Waals surface area contributed by atoms with Crippen LogP contribution >= 0.6 is 11.6 Å². The molecule has 0 radical (unpaired) electrons. The van der Waals surface area contributed by atoms with Crippen LogP contribution in [-0.4, -0.2) is 15.7 Å². The van der Waals surface area contributed by atoms with Gasteiger partial charge in [-0.1, -0.05) is 29.8 Å². The summed E-state index contributed by atoms with van der Waals surface area (Å²) in [6, 6.07) is 12.9. The van der Waals surface area contributed by atoms with Gasteiger partial charge in [0, 0.05) is 23.3 Å². The first-order valence-electron chi connectivity index (χ1n) is 7.52. The number of nitrogens with one attached hydrogen (secondary N) is 1. The molecule has 0 spiro atoms. The Kier molecular flexibility index (Phi) is 4.73. The Morgan fingerprint density at radius 1 is 1.12 bits per heavy atom. The van der Waals surface area contributed by atoms with E-state index in [1.54, 1.807) is 37.4 Å². The van der Waals surface area contributed by atoms with Gasteiger partial charge in [-0.05, 0) is 36.4 Å². The van der Waals surface area contributed by atoms with Crippen molar-refractivity contribution in [3.05, 3.63) is 70.9 Å². The quantitative estimate of drug-likeness (QED) is 0.695. The zero-order valence-corrected chi connectivity index (χ0v) is 14.3. The molecule has 0 fully saturated rings. The molecule has 134 valence electrons. The lowest BCUT2D eigenvalue weighted by Gasteiger charge is -2.09. The van der Waals surface area contributed by atoms with Crippen molar-refractivity contribution in [1.29, 1.82) is 0 Å². The molecule has 0 bridgehead atoms. The van der Waals surface area contributed by atoms with Crippen LogP contribution in [0, 0.1) is 0 Å². The minimum absolute atomic E-state index is 0.0547. The van der Waals surface area contributed by atoms with E-state index in [1.807, 2.05) is 0 Å². The van der Waals surface area contributed by atoms with Crippen molar-refractivity contribution >= 4 is 23.2 Å². The number of aryl methyl sites for hydroxylation is 1. The summed E-state index contributed by atoms with van der Waals surface area (Å²) in [5, 5.41) is 7.30. The Balaban J connectivity index is 1.84. The second kappa shape index (κ2) is 6.84. The van der Waals surface area contributed by atoms with E-state index in [1.165, 1.54) is 16.8 Å². The highest BCUT2D eigenvalue weighted by Gasteiger charge is 2.30. The Hall–Kier alpha value is -2.80. The van der Waals surface area contributed by atoms with Crippen molar-refractivity contribution in [3.8, 4) is 11.3 Å². The van der Waals surface area contributed by atoms with Gasteiger partial charge in [-0.3, -0.25) is 9.48 Å². The van der Waals surface area contributed by atoms with Crippen molar-refractivity contribution in [2.75, 3.05) is 5.32 Å². The average molecular weight is 380 g/mol. The number of anilines is 1. The molecule has 0 aliphatic carbocycles. The van der Waals surface area contributed by atoms with E-state index in [4.69, 9.17) is 11.6 Å². The van der Waals surface area contributed by atoms with Crippen molar-refractivity contribution in [2.45, 2.75) is 6.18 Å². The maximum absolute atomic E-state index is 12.8. The van der Waals surface area contributed by atoms with Gasteiger partial charge >= 0.3 is 6.18 Å². The number of alkyl halides is 3. The SMILES string of the molecule is Cn1nc(-c2ccc(Cl)cc2)cc1C(=O)Nc1cccc(C(F)(F)F)c1. The molecule has 1 heterocycles. The number of rotatable bonds is 3. The number of halogens is 4. The van der Waals surface area contributed by atoms with Crippen LogP contribution in [0.15, 0.2) is 54.6 Å². The zero-order chi connectivity index (χ0) is 18.9. The maximum atomic E-state index is 12.8. The van der Waals surface area contributed by atoms with E-state index in [-0.39, 0.29) is 11.4 Å². The Bertz CT molecular complexity index is 949. The molecule has 0 unspecified atom stereocenters. The van der Waals surface area contributed by atoms with Gasteiger partial charge in [0.25, 0.3) is 5.91 Å². The molecule has 0 aliphatic rings. The number of carbonyl (C=O) groups excluding carboxylic acids is 1. The van der Waals surface area contributed by atoms with E-state index < -0.39 is 17.6 Å². The first-order chi connectivity index (χ1) is 12.2. The lowest BCUT2D eigenvalue weighted by Crippen LogP contribution is -2.16. The highest BCUT2D eigenvalue weighted by molar-refractivity contribution is 6.30. The minimum atomic E-state index is -4.48. The highest BCUT2D eigenvalue weighted by Crippen LogP contribution is 2.30. The Morgan fingerprint density at radius 3 is 2.46 bits per heavy atom. The zero-order valence-electron chi connectivity index (χ0n) is 13.5. The van der Waals surface area contributed by atoms with Crippen LogP contribution in [0.5, 0.6) is 0 Å². The Labute approximate surface area is 152 Å². The second-order valence-corrected chi connectivity index (χ2v) is 6.01. The van der Waals surface area contributed by atoms with Crippen LogP contribution in [-0.2, 0) is 13.2 Å². The van der Waals surface area contributed by atoms with Crippen molar-refractivity contribution in [2.24, 2.45) is 7.05 Å². The smallest absolute Gasteiger partial charge is 0.321 e. The molecular formula is C18H13ClF3N3O. The summed E-state index contributed by atoms with van der Waals surface area (Å²) in [6.07, 6.45) is -4.48. The first kappa shape index (κ1) is 18.0. The highest BCUT2D eigenvalue weighted by atomic mass is 35.5. The van der Waals surface area contributed by atoms with Crippen LogP contribution in [0.3, 0.4) is 0 Å². The van der Waals surface area contributed by atoms with Gasteiger partial charge < -0.3 is 5.32 Å². The molecule has 1 aromatic heterocycles. The van der Waals surface area contributed by atoms with Gasteiger partial charge in [-0.25, -0.2) is 0 Å². The summed E-state index contributed by atoms with van der Waals surface area (Å²) in [4.78, 5) is 12.4. The summed E-state index contributed by atoms with van der Waals surface area (Å²) >= 11 is 5.85. The molecule has 3 aromatic rings. The predicted octanol–water partition coefficient (Wildman–Crippen LogP) is 5.01. The average Bonchev–Trinajstić information content (AvgIpc) is 2.97. The molecule has 4 nitrogen and oxygen atoms in total. The molecular weight excluding hydrogens is 367 g/mol. The fourth-order valence-corrected chi connectivity index (χ4v) is 2.54. The number of hydrogen-bond donors (Lipinski definition) is 1. The number of amides is 1. The fraction of sp³-hybridized carbons (Fsp3) is 0.111. The molecule has 3 rings (SSSR count). The third kappa shape index (κ3) is 3.88. The van der Waals surface area contributed by atoms with Crippen molar-refractivity contribution in [1.82, 2.24) is 9.78 Å². The van der Waals surface area contributed by atoms with Crippen LogP contribution in [0.2, 0.25) is 5.02 Å². The van der Waals surface area contributed by atoms with E-state index in [0.29, 0.717) is 10.7 Å². The topological polar surface area (TPSA) is 46.9 Å². The number of hydrogen-bond acceptors (Lipinski definition) is 2. The summed E-state index contributed by atoms with van der Waals surface area (Å²) in [5.74, 6) is -0.556. The van der Waals surface area contributed by atoms with Crippen molar-refractivity contribution < 1.29 is 18.0 Å². The van der Waals surface area contributed by atoms with Crippen LogP contribution in [0.25, 0.3) is 11.3 Å². The van der Waals surface area contributed by atoms with Gasteiger partial charge in [0.05, 0.1) is 11.3 Å². The molecule has 0 aliphatic heterocycles. The molecule has 0 saturated heterocycles. The molecule has 26 heavy (non-hydrogen) atoms. The molecule has 2 aromatic carbocycles. The lowest BCUT2D eigenvalue weighted by molar-refractivity contribution is -0.137. The lowest BCUT2D eigenvalue weighted by atomic mass is 10.1. The molecule has 1 N–H and O–H groups in total. The van der Waals surface area contributed by atoms with Gasteiger partial charge in [-0.2, -0.15) is 18.3 Å². The van der Waals surface area contributed by atoms with E-state index >= 15 is 0 Å². The van der Waals surface area contributed by atoms with E-state index in [9.17, 15) is 18.0 Å². The standard InChI is InChI=1S/C18H13ClF3N3O/c1-25-16(10-15(24-25)11-5-7-13(19)8-6-11)17(26)23-14-4-2-3-12(9-14)18(20,21)22/h2-10H,1H3,(H,23,26). The molecule has 0 saturated carbocycles. The van der Waals surface area contributed by atoms with Crippen LogP contribution < -0.4 is 5.32 Å². The van der Waals surface area contributed by atoms with Gasteiger partial charge in [0.1, 0.15) is 5.69 Å². The second-order valence-electron chi connectivity index (χ2n) is 5.58. The van der Waals surface area contributed by atoms with Gasteiger partial charge in [0.15, 0.2) is 0 Å². The van der Waals surface area contributed by atoms with Crippen LogP contribution in [0.4, 0.5) is 18.9 Å². The molecule has 8 heteroatoms. The predicted molar refractivity (Wildman–Crippen MR) is 93.1 cm³/mol.